The number of methoxy groups -OCH3 is 1. The molecule has 0 atom stereocenters. The van der Waals surface area contributed by atoms with E-state index in [2.05, 4.69) is 17.5 Å². The summed E-state index contributed by atoms with van der Waals surface area (Å²) in [7, 11) is 1.58. The molecule has 1 aromatic carbocycles. The van der Waals surface area contributed by atoms with Crippen LogP contribution in [-0.2, 0) is 0 Å². The maximum atomic E-state index is 12.5. The van der Waals surface area contributed by atoms with Gasteiger partial charge in [-0.25, -0.2) is 5.43 Å². The largest absolute Gasteiger partial charge is 0.496 e. The SMILES string of the molecule is COc1ccccc1C(=O)N/N=C(/C)C12CC3CC(CC(C3)C1)C2. The number of rotatable bonds is 4. The molecule has 1 N–H and O–H groups in total. The molecule has 4 aliphatic rings. The van der Waals surface area contributed by atoms with E-state index in [0.29, 0.717) is 11.3 Å². The maximum Gasteiger partial charge on any atom is 0.275 e. The number of hydrogen-bond acceptors (Lipinski definition) is 3. The predicted octanol–water partition coefficient (Wildman–Crippen LogP) is 4.02. The highest BCUT2D eigenvalue weighted by atomic mass is 16.5. The molecule has 0 unspecified atom stereocenters. The monoisotopic (exact) mass is 326 g/mol. The van der Waals surface area contributed by atoms with Crippen molar-refractivity contribution in [2.24, 2.45) is 28.3 Å². The molecule has 0 saturated heterocycles. The van der Waals surface area contributed by atoms with E-state index in [1.165, 1.54) is 38.5 Å². The van der Waals surface area contributed by atoms with Gasteiger partial charge in [0.15, 0.2) is 0 Å². The highest BCUT2D eigenvalue weighted by Gasteiger charge is 2.52. The van der Waals surface area contributed by atoms with E-state index in [0.717, 1.165) is 23.5 Å². The summed E-state index contributed by atoms with van der Waals surface area (Å²) in [6.45, 7) is 2.11. The first-order chi connectivity index (χ1) is 11.6. The zero-order chi connectivity index (χ0) is 16.7. The van der Waals surface area contributed by atoms with Crippen LogP contribution in [-0.4, -0.2) is 18.7 Å². The highest BCUT2D eigenvalue weighted by Crippen LogP contribution is 2.60. The molecule has 4 nitrogen and oxygen atoms in total. The molecule has 0 spiro atoms. The van der Waals surface area contributed by atoms with E-state index >= 15 is 0 Å². The van der Waals surface area contributed by atoms with Crippen molar-refractivity contribution in [1.29, 1.82) is 0 Å². The third kappa shape index (κ3) is 2.62. The first-order valence-corrected chi connectivity index (χ1v) is 9.08. The van der Waals surface area contributed by atoms with Crippen molar-refractivity contribution in [2.45, 2.75) is 45.4 Å². The molecule has 1 amide bonds. The van der Waals surface area contributed by atoms with Gasteiger partial charge in [0.25, 0.3) is 5.91 Å². The quantitative estimate of drug-likeness (QED) is 0.671. The lowest BCUT2D eigenvalue weighted by molar-refractivity contribution is -0.0128. The van der Waals surface area contributed by atoms with Gasteiger partial charge in [-0.2, -0.15) is 5.10 Å². The number of nitrogens with one attached hydrogen (secondary N) is 1. The van der Waals surface area contributed by atoms with E-state index < -0.39 is 0 Å². The van der Waals surface area contributed by atoms with Gasteiger partial charge in [-0.15, -0.1) is 0 Å². The Morgan fingerprint density at radius 1 is 1.12 bits per heavy atom. The second-order valence-electron chi connectivity index (χ2n) is 8.04. The van der Waals surface area contributed by atoms with E-state index in [-0.39, 0.29) is 11.3 Å². The summed E-state index contributed by atoms with van der Waals surface area (Å²) < 4.78 is 5.26. The minimum atomic E-state index is -0.198. The first kappa shape index (κ1) is 15.7. The number of ether oxygens (including phenoxy) is 1. The van der Waals surface area contributed by atoms with Crippen molar-refractivity contribution in [3.05, 3.63) is 29.8 Å². The van der Waals surface area contributed by atoms with Gasteiger partial charge in [-0.1, -0.05) is 12.1 Å². The summed E-state index contributed by atoms with van der Waals surface area (Å²) in [5.41, 5.74) is 4.65. The molecule has 0 radical (unpaired) electrons. The predicted molar refractivity (Wildman–Crippen MR) is 94.2 cm³/mol. The molecule has 4 aliphatic carbocycles. The van der Waals surface area contributed by atoms with Crippen molar-refractivity contribution in [3.63, 3.8) is 0 Å². The molecule has 4 bridgehead atoms. The highest BCUT2D eigenvalue weighted by molar-refractivity contribution is 5.98. The number of hydrazone groups is 1. The Kier molecular flexibility index (Phi) is 3.86. The Morgan fingerprint density at radius 3 is 2.29 bits per heavy atom. The number of benzene rings is 1. The minimum absolute atomic E-state index is 0.198. The summed E-state index contributed by atoms with van der Waals surface area (Å²) >= 11 is 0. The van der Waals surface area contributed by atoms with Gasteiger partial charge in [0, 0.05) is 11.1 Å². The van der Waals surface area contributed by atoms with Gasteiger partial charge in [0.1, 0.15) is 5.75 Å². The number of hydrogen-bond donors (Lipinski definition) is 1. The number of carbonyl (C=O) groups is 1. The molecule has 1 aromatic rings. The maximum absolute atomic E-state index is 12.5. The van der Waals surface area contributed by atoms with Gasteiger partial charge in [0.2, 0.25) is 0 Å². The van der Waals surface area contributed by atoms with Crippen LogP contribution in [0.1, 0.15) is 55.8 Å². The van der Waals surface area contributed by atoms with E-state index in [4.69, 9.17) is 4.74 Å². The molecule has 128 valence electrons. The summed E-state index contributed by atoms with van der Waals surface area (Å²) in [5.74, 6) is 3.03. The molecular formula is C20H26N2O2. The lowest BCUT2D eigenvalue weighted by atomic mass is 9.48. The molecule has 0 aliphatic heterocycles. The third-order valence-electron chi connectivity index (χ3n) is 6.48. The lowest BCUT2D eigenvalue weighted by Crippen LogP contribution is -2.49. The standard InChI is InChI=1S/C20H26N2O2/c1-13(20-10-14-7-15(11-20)9-16(8-14)12-20)21-22-19(23)17-5-3-4-6-18(17)24-2/h3-6,14-16H,7-12H2,1-2H3,(H,22,23)/b21-13-. The molecular weight excluding hydrogens is 300 g/mol. The molecule has 5 rings (SSSR count). The van der Waals surface area contributed by atoms with Gasteiger partial charge < -0.3 is 4.74 Å². The second-order valence-corrected chi connectivity index (χ2v) is 8.04. The zero-order valence-electron chi connectivity index (χ0n) is 14.5. The smallest absolute Gasteiger partial charge is 0.275 e. The van der Waals surface area contributed by atoms with E-state index in [1.54, 1.807) is 19.2 Å². The molecule has 4 saturated carbocycles. The van der Waals surface area contributed by atoms with E-state index in [9.17, 15) is 4.79 Å². The van der Waals surface area contributed by atoms with Gasteiger partial charge in [0.05, 0.1) is 12.7 Å². The second kappa shape index (κ2) is 5.91. The summed E-state index contributed by atoms with van der Waals surface area (Å²) in [6, 6.07) is 7.26. The topological polar surface area (TPSA) is 50.7 Å². The lowest BCUT2D eigenvalue weighted by Gasteiger charge is -2.56. The van der Waals surface area contributed by atoms with Crippen molar-refractivity contribution in [1.82, 2.24) is 5.43 Å². The van der Waals surface area contributed by atoms with Crippen molar-refractivity contribution in [3.8, 4) is 5.75 Å². The van der Waals surface area contributed by atoms with E-state index in [1.807, 2.05) is 12.1 Å². The van der Waals surface area contributed by atoms with Crippen LogP contribution in [0.4, 0.5) is 0 Å². The Hall–Kier alpha value is -1.84. The van der Waals surface area contributed by atoms with Crippen molar-refractivity contribution < 1.29 is 9.53 Å². The Labute approximate surface area is 143 Å². The number of para-hydroxylation sites is 1. The number of nitrogens with zero attached hydrogens (tertiary/aromatic N) is 1. The van der Waals surface area contributed by atoms with Gasteiger partial charge >= 0.3 is 0 Å². The van der Waals surface area contributed by atoms with Gasteiger partial charge in [-0.05, 0) is 75.3 Å². The van der Waals surface area contributed by atoms with Crippen molar-refractivity contribution in [2.75, 3.05) is 7.11 Å². The van der Waals surface area contributed by atoms with Crippen molar-refractivity contribution >= 4 is 11.6 Å². The van der Waals surface area contributed by atoms with Crippen LogP contribution in [0, 0.1) is 23.2 Å². The van der Waals surface area contributed by atoms with Crippen LogP contribution in [0.25, 0.3) is 0 Å². The first-order valence-electron chi connectivity index (χ1n) is 9.08. The van der Waals surface area contributed by atoms with Crippen LogP contribution < -0.4 is 10.2 Å². The van der Waals surface area contributed by atoms with Crippen LogP contribution in [0.3, 0.4) is 0 Å². The average Bonchev–Trinajstić information content (AvgIpc) is 2.58. The van der Waals surface area contributed by atoms with Gasteiger partial charge in [-0.3, -0.25) is 4.79 Å². The fourth-order valence-corrected chi connectivity index (χ4v) is 5.70. The number of amides is 1. The number of carbonyl (C=O) groups excluding carboxylic acids is 1. The zero-order valence-corrected chi connectivity index (χ0v) is 14.5. The minimum Gasteiger partial charge on any atom is -0.496 e. The fourth-order valence-electron chi connectivity index (χ4n) is 5.70. The third-order valence-corrected chi connectivity index (χ3v) is 6.48. The molecule has 0 heterocycles. The Bertz CT molecular complexity index is 645. The Balaban J connectivity index is 1.51. The van der Waals surface area contributed by atoms with Crippen LogP contribution in [0.15, 0.2) is 29.4 Å². The Morgan fingerprint density at radius 2 is 1.71 bits per heavy atom. The average molecular weight is 326 g/mol. The summed E-state index contributed by atoms with van der Waals surface area (Å²) in [4.78, 5) is 12.5. The molecule has 0 aromatic heterocycles. The summed E-state index contributed by atoms with van der Waals surface area (Å²) in [6.07, 6.45) is 8.04. The fraction of sp³-hybridized carbons (Fsp3) is 0.600. The molecule has 24 heavy (non-hydrogen) atoms. The normalized spacial score (nSPS) is 34.2. The summed E-state index contributed by atoms with van der Waals surface area (Å²) in [5, 5.41) is 4.53. The molecule has 4 heteroatoms. The molecule has 4 fully saturated rings. The van der Waals surface area contributed by atoms with Crippen LogP contribution >= 0.6 is 0 Å². The van der Waals surface area contributed by atoms with Crippen LogP contribution in [0.2, 0.25) is 0 Å². The van der Waals surface area contributed by atoms with Crippen LogP contribution in [0.5, 0.6) is 5.75 Å².